The molecule has 1 aromatic carbocycles. The second kappa shape index (κ2) is 5.31. The van der Waals surface area contributed by atoms with E-state index in [4.69, 9.17) is 0 Å². The molecule has 18 heavy (non-hydrogen) atoms. The quantitative estimate of drug-likeness (QED) is 0.794. The van der Waals surface area contributed by atoms with Gasteiger partial charge in [0.05, 0.1) is 4.90 Å². The first-order chi connectivity index (χ1) is 8.13. The van der Waals surface area contributed by atoms with E-state index in [1.807, 2.05) is 33.8 Å². The van der Waals surface area contributed by atoms with Gasteiger partial charge in [-0.1, -0.05) is 22.0 Å². The minimum absolute atomic E-state index is 0.349. The van der Waals surface area contributed by atoms with Crippen molar-refractivity contribution >= 4 is 26.0 Å². The SMILES string of the molecule is Cc1ccc(S(=O)(=O)N(C)C(C)(C)CBr)cc1C. The van der Waals surface area contributed by atoms with E-state index in [1.54, 1.807) is 19.2 Å². The van der Waals surface area contributed by atoms with Gasteiger partial charge < -0.3 is 0 Å². The van der Waals surface area contributed by atoms with Crippen molar-refractivity contribution in [2.45, 2.75) is 38.1 Å². The van der Waals surface area contributed by atoms with Crippen LogP contribution in [0.4, 0.5) is 0 Å². The summed E-state index contributed by atoms with van der Waals surface area (Å²) in [6, 6.07) is 5.24. The number of halogens is 1. The first kappa shape index (κ1) is 15.7. The van der Waals surface area contributed by atoms with Crippen LogP contribution >= 0.6 is 15.9 Å². The molecule has 0 saturated heterocycles. The van der Waals surface area contributed by atoms with Crippen LogP contribution in [0.1, 0.15) is 25.0 Å². The van der Waals surface area contributed by atoms with Crippen LogP contribution in [0.3, 0.4) is 0 Å². The Bertz CT molecular complexity index is 538. The molecule has 0 bridgehead atoms. The molecule has 0 aliphatic heterocycles. The number of sulfonamides is 1. The molecule has 0 N–H and O–H groups in total. The van der Waals surface area contributed by atoms with Crippen molar-refractivity contribution in [2.24, 2.45) is 0 Å². The van der Waals surface area contributed by atoms with Crippen molar-refractivity contribution in [2.75, 3.05) is 12.4 Å². The second-order valence-electron chi connectivity index (χ2n) is 5.16. The Morgan fingerprint density at radius 2 is 1.78 bits per heavy atom. The molecule has 0 aliphatic rings. The standard InChI is InChI=1S/C13H20BrNO2S/c1-10-6-7-12(8-11(10)2)18(16,17)15(5)13(3,4)9-14/h6-8H,9H2,1-5H3. The van der Waals surface area contributed by atoms with E-state index in [0.717, 1.165) is 11.1 Å². The Hall–Kier alpha value is -0.390. The van der Waals surface area contributed by atoms with Crippen LogP contribution in [0.15, 0.2) is 23.1 Å². The molecule has 102 valence electrons. The van der Waals surface area contributed by atoms with E-state index in [9.17, 15) is 8.42 Å². The van der Waals surface area contributed by atoms with Gasteiger partial charge in [0, 0.05) is 17.9 Å². The molecule has 0 radical (unpaired) electrons. The van der Waals surface area contributed by atoms with Gasteiger partial charge >= 0.3 is 0 Å². The lowest BCUT2D eigenvalue weighted by Crippen LogP contribution is -2.46. The molecule has 1 rings (SSSR count). The average molecular weight is 334 g/mol. The summed E-state index contributed by atoms with van der Waals surface area (Å²) in [5, 5.41) is 0.584. The number of alkyl halides is 1. The van der Waals surface area contributed by atoms with Gasteiger partial charge in [-0.25, -0.2) is 8.42 Å². The van der Waals surface area contributed by atoms with Gasteiger partial charge in [0.25, 0.3) is 0 Å². The van der Waals surface area contributed by atoms with Crippen molar-refractivity contribution in [3.05, 3.63) is 29.3 Å². The molecular formula is C13H20BrNO2S. The zero-order valence-electron chi connectivity index (χ0n) is 11.5. The predicted octanol–water partition coefficient (Wildman–Crippen LogP) is 3.10. The second-order valence-corrected chi connectivity index (χ2v) is 7.69. The monoisotopic (exact) mass is 333 g/mol. The van der Waals surface area contributed by atoms with E-state index >= 15 is 0 Å². The first-order valence-corrected chi connectivity index (χ1v) is 8.31. The topological polar surface area (TPSA) is 37.4 Å². The van der Waals surface area contributed by atoms with Crippen LogP contribution in [0.5, 0.6) is 0 Å². The minimum Gasteiger partial charge on any atom is -0.207 e. The highest BCUT2D eigenvalue weighted by atomic mass is 79.9. The predicted molar refractivity (Wildman–Crippen MR) is 78.7 cm³/mol. The minimum atomic E-state index is -3.44. The van der Waals surface area contributed by atoms with Crippen LogP contribution < -0.4 is 0 Å². The lowest BCUT2D eigenvalue weighted by molar-refractivity contribution is 0.299. The van der Waals surface area contributed by atoms with Crippen molar-refractivity contribution in [3.63, 3.8) is 0 Å². The molecule has 0 aromatic heterocycles. The summed E-state index contributed by atoms with van der Waals surface area (Å²) in [5.41, 5.74) is 1.62. The molecule has 0 amide bonds. The molecule has 3 nitrogen and oxygen atoms in total. The van der Waals surface area contributed by atoms with Gasteiger partial charge in [-0.05, 0) is 51.0 Å². The molecular weight excluding hydrogens is 314 g/mol. The van der Waals surface area contributed by atoms with Gasteiger partial charge in [0.2, 0.25) is 10.0 Å². The smallest absolute Gasteiger partial charge is 0.207 e. The average Bonchev–Trinajstić information content (AvgIpc) is 2.31. The number of hydrogen-bond acceptors (Lipinski definition) is 2. The lowest BCUT2D eigenvalue weighted by Gasteiger charge is -2.33. The summed E-state index contributed by atoms with van der Waals surface area (Å²) in [6.07, 6.45) is 0. The third kappa shape index (κ3) is 2.95. The highest BCUT2D eigenvalue weighted by molar-refractivity contribution is 9.09. The Morgan fingerprint density at radius 1 is 1.22 bits per heavy atom. The van der Waals surface area contributed by atoms with E-state index in [2.05, 4.69) is 15.9 Å². The third-order valence-electron chi connectivity index (χ3n) is 3.32. The van der Waals surface area contributed by atoms with Crippen LogP contribution in [0, 0.1) is 13.8 Å². The molecule has 0 saturated carbocycles. The summed E-state index contributed by atoms with van der Waals surface area (Å²) in [7, 11) is -1.83. The van der Waals surface area contributed by atoms with Gasteiger partial charge in [0.15, 0.2) is 0 Å². The van der Waals surface area contributed by atoms with Crippen LogP contribution in [-0.2, 0) is 10.0 Å². The van der Waals surface area contributed by atoms with E-state index in [0.29, 0.717) is 10.2 Å². The largest absolute Gasteiger partial charge is 0.243 e. The molecule has 0 aliphatic carbocycles. The maximum atomic E-state index is 12.5. The van der Waals surface area contributed by atoms with E-state index < -0.39 is 15.6 Å². The molecule has 0 spiro atoms. The van der Waals surface area contributed by atoms with Crippen molar-refractivity contribution in [3.8, 4) is 0 Å². The highest BCUT2D eigenvalue weighted by Gasteiger charge is 2.33. The van der Waals surface area contributed by atoms with Crippen molar-refractivity contribution in [1.29, 1.82) is 0 Å². The molecule has 0 fully saturated rings. The summed E-state index contributed by atoms with van der Waals surface area (Å²) in [5.74, 6) is 0. The number of nitrogens with zero attached hydrogens (tertiary/aromatic N) is 1. The van der Waals surface area contributed by atoms with Crippen molar-refractivity contribution < 1.29 is 8.42 Å². The fourth-order valence-corrected chi connectivity index (χ4v) is 3.58. The normalized spacial score (nSPS) is 13.1. The fraction of sp³-hybridized carbons (Fsp3) is 0.538. The molecule has 5 heteroatoms. The summed E-state index contributed by atoms with van der Waals surface area (Å²) >= 11 is 3.36. The van der Waals surface area contributed by atoms with Gasteiger partial charge in [-0.3, -0.25) is 0 Å². The maximum absolute atomic E-state index is 12.5. The zero-order chi connectivity index (χ0) is 14.1. The van der Waals surface area contributed by atoms with Gasteiger partial charge in [-0.15, -0.1) is 0 Å². The van der Waals surface area contributed by atoms with E-state index in [1.165, 1.54) is 4.31 Å². The number of aryl methyl sites for hydroxylation is 2. The summed E-state index contributed by atoms with van der Waals surface area (Å²) in [4.78, 5) is 0.349. The molecule has 0 atom stereocenters. The van der Waals surface area contributed by atoms with Crippen LogP contribution in [-0.4, -0.2) is 30.6 Å². The van der Waals surface area contributed by atoms with Gasteiger partial charge in [0.1, 0.15) is 0 Å². The van der Waals surface area contributed by atoms with Crippen molar-refractivity contribution in [1.82, 2.24) is 4.31 Å². The molecule has 0 heterocycles. The number of hydrogen-bond donors (Lipinski definition) is 0. The molecule has 0 unspecified atom stereocenters. The maximum Gasteiger partial charge on any atom is 0.243 e. The Kier molecular flexibility index (Phi) is 4.62. The number of rotatable bonds is 4. The van der Waals surface area contributed by atoms with Gasteiger partial charge in [-0.2, -0.15) is 4.31 Å². The lowest BCUT2D eigenvalue weighted by atomic mass is 10.1. The number of benzene rings is 1. The summed E-state index contributed by atoms with van der Waals surface area (Å²) < 4.78 is 26.4. The Labute approximate surface area is 118 Å². The Morgan fingerprint density at radius 3 is 2.22 bits per heavy atom. The summed E-state index contributed by atoms with van der Waals surface area (Å²) in [6.45, 7) is 7.67. The van der Waals surface area contributed by atoms with Crippen LogP contribution in [0.25, 0.3) is 0 Å². The Balaban J connectivity index is 3.26. The first-order valence-electron chi connectivity index (χ1n) is 5.75. The zero-order valence-corrected chi connectivity index (χ0v) is 13.9. The third-order valence-corrected chi connectivity index (χ3v) is 6.75. The fourth-order valence-electron chi connectivity index (χ4n) is 1.44. The highest BCUT2D eigenvalue weighted by Crippen LogP contribution is 2.25. The molecule has 1 aromatic rings. The van der Waals surface area contributed by atoms with E-state index in [-0.39, 0.29) is 0 Å². The van der Waals surface area contributed by atoms with Crippen LogP contribution in [0.2, 0.25) is 0 Å².